The molecule has 0 aliphatic heterocycles. The summed E-state index contributed by atoms with van der Waals surface area (Å²) in [6.45, 7) is 2.31. The minimum Gasteiger partial charge on any atom is -0.456 e. The highest BCUT2D eigenvalue weighted by Crippen LogP contribution is 2.38. The van der Waals surface area contributed by atoms with Gasteiger partial charge in [0.2, 0.25) is 0 Å². The van der Waals surface area contributed by atoms with Crippen LogP contribution in [0.3, 0.4) is 0 Å². The first-order valence-electron chi connectivity index (χ1n) is 10.4. The predicted molar refractivity (Wildman–Crippen MR) is 123 cm³/mol. The monoisotopic (exact) mass is 481 g/mol. The molecule has 0 aromatic carbocycles. The molecule has 0 saturated heterocycles. The van der Waals surface area contributed by atoms with Crippen LogP contribution in [-0.2, 0) is 38.4 Å². The van der Waals surface area contributed by atoms with Crippen LogP contribution < -0.4 is 15.5 Å². The summed E-state index contributed by atoms with van der Waals surface area (Å²) in [6.07, 6.45) is 3.72. The summed E-state index contributed by atoms with van der Waals surface area (Å²) in [7, 11) is 1.56. The van der Waals surface area contributed by atoms with Gasteiger partial charge in [0.1, 0.15) is 5.00 Å². The molecule has 2 amide bonds. The van der Waals surface area contributed by atoms with Gasteiger partial charge in [0.25, 0.3) is 11.8 Å². The highest BCUT2D eigenvalue weighted by Gasteiger charge is 2.26. The summed E-state index contributed by atoms with van der Waals surface area (Å²) in [5, 5.41) is 7.76. The summed E-state index contributed by atoms with van der Waals surface area (Å²) >= 11 is 2.48. The Hall–Kier alpha value is -2.50. The molecule has 9 nitrogen and oxygen atoms in total. The number of esters is 1. The molecule has 0 radical (unpaired) electrons. The minimum absolute atomic E-state index is 0.00872. The van der Waals surface area contributed by atoms with Crippen molar-refractivity contribution >= 4 is 45.5 Å². The third-order valence-electron chi connectivity index (χ3n) is 5.12. The largest absolute Gasteiger partial charge is 0.456 e. The van der Waals surface area contributed by atoms with Crippen molar-refractivity contribution in [2.24, 2.45) is 0 Å². The molecule has 1 aliphatic rings. The van der Waals surface area contributed by atoms with Crippen LogP contribution in [-0.4, -0.2) is 49.2 Å². The van der Waals surface area contributed by atoms with Gasteiger partial charge in [-0.3, -0.25) is 19.2 Å². The Morgan fingerprint density at radius 3 is 2.72 bits per heavy atom. The van der Waals surface area contributed by atoms with Crippen LogP contribution in [0.4, 0.5) is 5.00 Å². The second kappa shape index (κ2) is 11.4. The summed E-state index contributed by atoms with van der Waals surface area (Å²) < 4.78 is 11.5. The highest BCUT2D eigenvalue weighted by molar-refractivity contribution is 7.17. The normalized spacial score (nSPS) is 12.8. The zero-order valence-electron chi connectivity index (χ0n) is 18.2. The van der Waals surface area contributed by atoms with Gasteiger partial charge in [0.05, 0.1) is 18.6 Å². The fourth-order valence-electron chi connectivity index (χ4n) is 3.51. The molecule has 2 heterocycles. The van der Waals surface area contributed by atoms with Crippen molar-refractivity contribution in [1.29, 1.82) is 0 Å². The second-order valence-corrected chi connectivity index (χ2v) is 9.34. The molecule has 0 atom stereocenters. The molecule has 0 saturated carbocycles. The van der Waals surface area contributed by atoms with Gasteiger partial charge in [-0.25, -0.2) is 0 Å². The number of carbonyl (C=O) groups excluding carboxylic acids is 3. The quantitative estimate of drug-likeness (QED) is 0.397. The number of nitrogens with zero attached hydrogens (tertiary/aromatic N) is 1. The number of hydrogen-bond acceptors (Lipinski definition) is 8. The van der Waals surface area contributed by atoms with Crippen molar-refractivity contribution in [3.05, 3.63) is 36.7 Å². The van der Waals surface area contributed by atoms with E-state index in [9.17, 15) is 19.2 Å². The molecular weight excluding hydrogens is 454 g/mol. The van der Waals surface area contributed by atoms with Gasteiger partial charge in [0, 0.05) is 36.2 Å². The molecule has 2 aromatic heterocycles. The SMILES string of the molecule is COCCNC(=O)c1c(NC(=O)COC(=O)CCn2c(C)csc2=O)sc2c1CCCC2. The van der Waals surface area contributed by atoms with Crippen molar-refractivity contribution in [3.63, 3.8) is 0 Å². The molecule has 2 aromatic rings. The Morgan fingerprint density at radius 1 is 1.22 bits per heavy atom. The molecule has 0 spiro atoms. The standard InChI is InChI=1S/C21H27N3O6S2/c1-13-12-31-21(28)24(13)9-7-17(26)30-11-16(25)23-20-18(19(27)22-8-10-29-2)14-5-3-4-6-15(14)32-20/h12H,3-11H2,1-2H3,(H,22,27)(H,23,25). The maximum atomic E-state index is 12.8. The van der Waals surface area contributed by atoms with E-state index in [0.29, 0.717) is 23.7 Å². The molecule has 3 rings (SSSR count). The number of thiophene rings is 1. The lowest BCUT2D eigenvalue weighted by atomic mass is 9.95. The third-order valence-corrected chi connectivity index (χ3v) is 7.21. The van der Waals surface area contributed by atoms with Gasteiger partial charge < -0.3 is 24.7 Å². The number of methoxy groups -OCH3 is 1. The van der Waals surface area contributed by atoms with Crippen LogP contribution in [0.1, 0.15) is 45.8 Å². The van der Waals surface area contributed by atoms with Crippen LogP contribution in [0, 0.1) is 6.92 Å². The van der Waals surface area contributed by atoms with E-state index in [1.165, 1.54) is 15.9 Å². The van der Waals surface area contributed by atoms with Gasteiger partial charge >= 0.3 is 10.8 Å². The van der Waals surface area contributed by atoms with E-state index in [0.717, 1.165) is 53.2 Å². The highest BCUT2D eigenvalue weighted by atomic mass is 32.1. The van der Waals surface area contributed by atoms with Gasteiger partial charge in [-0.2, -0.15) is 0 Å². The van der Waals surface area contributed by atoms with E-state index < -0.39 is 18.5 Å². The summed E-state index contributed by atoms with van der Waals surface area (Å²) in [5.41, 5.74) is 2.26. The zero-order valence-corrected chi connectivity index (χ0v) is 19.8. The number of aryl methyl sites for hydroxylation is 2. The van der Waals surface area contributed by atoms with Gasteiger partial charge in [-0.1, -0.05) is 11.3 Å². The number of anilines is 1. The first kappa shape index (κ1) is 24.1. The summed E-state index contributed by atoms with van der Waals surface area (Å²) in [6, 6.07) is 0. The number of aromatic nitrogens is 1. The van der Waals surface area contributed by atoms with Crippen LogP contribution in [0.15, 0.2) is 10.2 Å². The number of rotatable bonds is 10. The Labute approximate surface area is 193 Å². The van der Waals surface area contributed by atoms with Gasteiger partial charge in [-0.05, 0) is 38.2 Å². The summed E-state index contributed by atoms with van der Waals surface area (Å²) in [4.78, 5) is 49.9. The fourth-order valence-corrected chi connectivity index (χ4v) is 5.57. The number of carbonyl (C=O) groups is 3. The minimum atomic E-state index is -0.569. The van der Waals surface area contributed by atoms with Crippen molar-refractivity contribution < 1.29 is 23.9 Å². The Morgan fingerprint density at radius 2 is 2.00 bits per heavy atom. The van der Waals surface area contributed by atoms with E-state index >= 15 is 0 Å². The Balaban J connectivity index is 1.58. The number of ether oxygens (including phenoxy) is 2. The molecule has 1 aliphatic carbocycles. The summed E-state index contributed by atoms with van der Waals surface area (Å²) in [5.74, 6) is -1.32. The van der Waals surface area contributed by atoms with E-state index in [4.69, 9.17) is 9.47 Å². The number of nitrogens with one attached hydrogen (secondary N) is 2. The first-order valence-corrected chi connectivity index (χ1v) is 12.1. The topological polar surface area (TPSA) is 116 Å². The van der Waals surface area contributed by atoms with Crippen LogP contribution in [0.2, 0.25) is 0 Å². The van der Waals surface area contributed by atoms with E-state index in [2.05, 4.69) is 10.6 Å². The maximum absolute atomic E-state index is 12.8. The van der Waals surface area contributed by atoms with Crippen molar-refractivity contribution in [3.8, 4) is 0 Å². The number of hydrogen-bond donors (Lipinski definition) is 2. The fraction of sp³-hybridized carbons (Fsp3) is 0.524. The second-order valence-electron chi connectivity index (χ2n) is 7.42. The average molecular weight is 482 g/mol. The predicted octanol–water partition coefficient (Wildman–Crippen LogP) is 2.11. The van der Waals surface area contributed by atoms with Crippen LogP contribution in [0.5, 0.6) is 0 Å². The van der Waals surface area contributed by atoms with Crippen molar-refractivity contribution in [1.82, 2.24) is 9.88 Å². The molecular formula is C21H27N3O6S2. The molecule has 32 heavy (non-hydrogen) atoms. The average Bonchev–Trinajstić information content (AvgIpc) is 3.29. The van der Waals surface area contributed by atoms with E-state index in [-0.39, 0.29) is 23.7 Å². The maximum Gasteiger partial charge on any atom is 0.308 e. The molecule has 0 bridgehead atoms. The number of fused-ring (bicyclic) bond motifs is 1. The smallest absolute Gasteiger partial charge is 0.308 e. The van der Waals surface area contributed by atoms with Crippen molar-refractivity contribution in [2.45, 2.75) is 45.6 Å². The third kappa shape index (κ3) is 6.05. The van der Waals surface area contributed by atoms with Crippen molar-refractivity contribution in [2.75, 3.05) is 32.2 Å². The lowest BCUT2D eigenvalue weighted by Gasteiger charge is -2.13. The molecule has 0 unspecified atom stereocenters. The molecule has 11 heteroatoms. The van der Waals surface area contributed by atoms with Crippen LogP contribution >= 0.6 is 22.7 Å². The Kier molecular flexibility index (Phi) is 8.60. The number of thiazole rings is 1. The molecule has 174 valence electrons. The first-order chi connectivity index (χ1) is 15.4. The van der Waals surface area contributed by atoms with E-state index in [1.54, 1.807) is 19.4 Å². The molecule has 2 N–H and O–H groups in total. The number of amides is 2. The van der Waals surface area contributed by atoms with Gasteiger partial charge in [-0.15, -0.1) is 11.3 Å². The zero-order chi connectivity index (χ0) is 23.1. The van der Waals surface area contributed by atoms with Gasteiger partial charge in [0.15, 0.2) is 6.61 Å². The molecule has 0 fully saturated rings. The van der Waals surface area contributed by atoms with Crippen LogP contribution in [0.25, 0.3) is 0 Å². The lowest BCUT2D eigenvalue weighted by molar-refractivity contribution is -0.147. The lowest BCUT2D eigenvalue weighted by Crippen LogP contribution is -2.29. The Bertz CT molecular complexity index is 1040. The van der Waals surface area contributed by atoms with E-state index in [1.807, 2.05) is 0 Å².